The molecule has 1 fully saturated rings. The third kappa shape index (κ3) is 5.25. The summed E-state index contributed by atoms with van der Waals surface area (Å²) >= 11 is 7.86. The maximum absolute atomic E-state index is 14.5. The summed E-state index contributed by atoms with van der Waals surface area (Å²) in [5.41, 5.74) is 2.14. The minimum atomic E-state index is -0.900. The van der Waals surface area contributed by atoms with E-state index in [1.165, 1.54) is 19.2 Å². The second kappa shape index (κ2) is 10.8. The van der Waals surface area contributed by atoms with Gasteiger partial charge in [-0.05, 0) is 67.8 Å². The standard InChI is InChI=1S/C29H27ClF2N2O2S/c1-36-28(35)20-7-11-22(12-8-20)37-16-15-29(13-3-2-4-14-29)34-26-18-24(32)23(31)17-25(26)33-27(34)19-5-9-21(30)10-6-19/h5-12,17-18H,2-4,13-16H2,1H3. The van der Waals surface area contributed by atoms with Crippen LogP contribution in [-0.4, -0.2) is 28.4 Å². The molecule has 8 heteroatoms. The zero-order chi connectivity index (χ0) is 26.0. The van der Waals surface area contributed by atoms with Crippen LogP contribution in [0.1, 0.15) is 48.9 Å². The van der Waals surface area contributed by atoms with Crippen molar-refractivity contribution in [3.63, 3.8) is 0 Å². The topological polar surface area (TPSA) is 44.1 Å². The fraction of sp³-hybridized carbons (Fsp3) is 0.310. The molecule has 0 amide bonds. The van der Waals surface area contributed by atoms with Crippen molar-refractivity contribution < 1.29 is 18.3 Å². The Balaban J connectivity index is 1.52. The molecule has 0 radical (unpaired) electrons. The smallest absolute Gasteiger partial charge is 0.337 e. The van der Waals surface area contributed by atoms with E-state index in [1.807, 2.05) is 36.4 Å². The van der Waals surface area contributed by atoms with E-state index in [4.69, 9.17) is 21.3 Å². The number of rotatable bonds is 7. The monoisotopic (exact) mass is 540 g/mol. The van der Waals surface area contributed by atoms with Gasteiger partial charge in [-0.1, -0.05) is 30.9 Å². The van der Waals surface area contributed by atoms with Crippen molar-refractivity contribution in [3.8, 4) is 11.4 Å². The fourth-order valence-corrected chi connectivity index (χ4v) is 6.48. The Labute approximate surface area is 224 Å². The molecule has 1 heterocycles. The molecular weight excluding hydrogens is 514 g/mol. The highest BCUT2D eigenvalue weighted by Gasteiger charge is 2.37. The van der Waals surface area contributed by atoms with Crippen molar-refractivity contribution in [2.45, 2.75) is 49.0 Å². The number of carbonyl (C=O) groups is 1. The highest BCUT2D eigenvalue weighted by Crippen LogP contribution is 2.44. The zero-order valence-corrected chi connectivity index (χ0v) is 22.0. The van der Waals surface area contributed by atoms with Gasteiger partial charge in [0.1, 0.15) is 5.82 Å². The van der Waals surface area contributed by atoms with Crippen LogP contribution < -0.4 is 0 Å². The molecule has 3 aromatic carbocycles. The van der Waals surface area contributed by atoms with Gasteiger partial charge in [0.05, 0.1) is 23.7 Å². The number of esters is 1. The number of carbonyl (C=O) groups excluding carboxylic acids is 1. The molecule has 0 aliphatic heterocycles. The fourth-order valence-electron chi connectivity index (χ4n) is 5.30. The zero-order valence-electron chi connectivity index (χ0n) is 20.5. The number of nitrogens with zero attached hydrogens (tertiary/aromatic N) is 2. The van der Waals surface area contributed by atoms with Gasteiger partial charge in [0, 0.05) is 38.9 Å². The Morgan fingerprint density at radius 2 is 1.70 bits per heavy atom. The first-order valence-corrected chi connectivity index (χ1v) is 13.7. The van der Waals surface area contributed by atoms with Crippen LogP contribution in [0.5, 0.6) is 0 Å². The Bertz CT molecular complexity index is 1410. The Morgan fingerprint density at radius 1 is 1.03 bits per heavy atom. The second-order valence-electron chi connectivity index (χ2n) is 9.43. The number of halogens is 3. The molecule has 1 saturated carbocycles. The summed E-state index contributed by atoms with van der Waals surface area (Å²) < 4.78 is 35.6. The van der Waals surface area contributed by atoms with Gasteiger partial charge in [0.25, 0.3) is 0 Å². The molecule has 4 aromatic rings. The van der Waals surface area contributed by atoms with E-state index in [0.717, 1.165) is 54.7 Å². The van der Waals surface area contributed by atoms with E-state index in [0.29, 0.717) is 27.4 Å². The van der Waals surface area contributed by atoms with Crippen molar-refractivity contribution in [1.29, 1.82) is 0 Å². The lowest BCUT2D eigenvalue weighted by molar-refractivity contribution is 0.0600. The van der Waals surface area contributed by atoms with Crippen LogP contribution in [0.25, 0.3) is 22.4 Å². The predicted molar refractivity (Wildman–Crippen MR) is 144 cm³/mol. The summed E-state index contributed by atoms with van der Waals surface area (Å²) in [5.74, 6) is -0.610. The quantitative estimate of drug-likeness (QED) is 0.175. The third-order valence-electron chi connectivity index (χ3n) is 7.17. The first-order valence-electron chi connectivity index (χ1n) is 12.4. The lowest BCUT2D eigenvalue weighted by Gasteiger charge is -2.40. The van der Waals surface area contributed by atoms with Gasteiger partial charge >= 0.3 is 5.97 Å². The van der Waals surface area contributed by atoms with Crippen LogP contribution in [0.15, 0.2) is 65.6 Å². The number of hydrogen-bond donors (Lipinski definition) is 0. The van der Waals surface area contributed by atoms with E-state index in [1.54, 1.807) is 23.9 Å². The number of aromatic nitrogens is 2. The molecule has 0 N–H and O–H groups in total. The summed E-state index contributed by atoms with van der Waals surface area (Å²) in [5, 5.41) is 0.616. The molecule has 192 valence electrons. The summed E-state index contributed by atoms with van der Waals surface area (Å²) in [7, 11) is 1.37. The number of fused-ring (bicyclic) bond motifs is 1. The van der Waals surface area contributed by atoms with Gasteiger partial charge in [-0.15, -0.1) is 11.8 Å². The van der Waals surface area contributed by atoms with E-state index >= 15 is 0 Å². The Hall–Kier alpha value is -2.90. The van der Waals surface area contributed by atoms with Crippen LogP contribution in [0.3, 0.4) is 0 Å². The van der Waals surface area contributed by atoms with Crippen molar-refractivity contribution in [1.82, 2.24) is 9.55 Å². The van der Waals surface area contributed by atoms with Gasteiger partial charge in [0.15, 0.2) is 11.6 Å². The van der Waals surface area contributed by atoms with Gasteiger partial charge in [0.2, 0.25) is 0 Å². The molecule has 0 bridgehead atoms. The summed E-state index contributed by atoms with van der Waals surface area (Å²) in [4.78, 5) is 17.6. The average molecular weight is 541 g/mol. The average Bonchev–Trinajstić information content (AvgIpc) is 3.28. The minimum absolute atomic E-state index is 0.287. The molecule has 1 aliphatic carbocycles. The van der Waals surface area contributed by atoms with Crippen LogP contribution >= 0.6 is 23.4 Å². The van der Waals surface area contributed by atoms with Crippen LogP contribution in [-0.2, 0) is 10.3 Å². The molecule has 4 nitrogen and oxygen atoms in total. The van der Waals surface area contributed by atoms with Gasteiger partial charge in [-0.3, -0.25) is 0 Å². The van der Waals surface area contributed by atoms with E-state index in [-0.39, 0.29) is 11.5 Å². The van der Waals surface area contributed by atoms with Crippen molar-refractivity contribution in [2.75, 3.05) is 12.9 Å². The number of imidazole rings is 1. The van der Waals surface area contributed by atoms with E-state index in [9.17, 15) is 13.6 Å². The van der Waals surface area contributed by atoms with Gasteiger partial charge in [-0.2, -0.15) is 0 Å². The van der Waals surface area contributed by atoms with Gasteiger partial charge in [-0.25, -0.2) is 18.6 Å². The molecule has 0 saturated heterocycles. The highest BCUT2D eigenvalue weighted by atomic mass is 35.5. The number of thioether (sulfide) groups is 1. The van der Waals surface area contributed by atoms with Crippen molar-refractivity contribution >= 4 is 40.4 Å². The molecule has 37 heavy (non-hydrogen) atoms. The summed E-state index contributed by atoms with van der Waals surface area (Å²) in [6, 6.07) is 17.3. The number of benzene rings is 3. The number of hydrogen-bond acceptors (Lipinski definition) is 4. The molecule has 0 unspecified atom stereocenters. The molecule has 5 rings (SSSR count). The molecular formula is C29H27ClF2N2O2S. The predicted octanol–water partition coefficient (Wildman–Crippen LogP) is 8.26. The SMILES string of the molecule is COC(=O)c1ccc(SCCC2(n3c(-c4ccc(Cl)cc4)nc4cc(F)c(F)cc43)CCCCC2)cc1. The normalized spacial score (nSPS) is 15.1. The lowest BCUT2D eigenvalue weighted by atomic mass is 9.79. The van der Waals surface area contributed by atoms with Crippen LogP contribution in [0.2, 0.25) is 5.02 Å². The first-order chi connectivity index (χ1) is 17.9. The first kappa shape index (κ1) is 25.7. The molecule has 1 aromatic heterocycles. The van der Waals surface area contributed by atoms with Crippen LogP contribution in [0.4, 0.5) is 8.78 Å². The van der Waals surface area contributed by atoms with Crippen LogP contribution in [0, 0.1) is 11.6 Å². The Kier molecular flexibility index (Phi) is 7.54. The van der Waals surface area contributed by atoms with Crippen molar-refractivity contribution in [3.05, 3.63) is 82.9 Å². The van der Waals surface area contributed by atoms with E-state index in [2.05, 4.69) is 4.57 Å². The molecule has 1 aliphatic rings. The third-order valence-corrected chi connectivity index (χ3v) is 8.43. The maximum Gasteiger partial charge on any atom is 0.337 e. The largest absolute Gasteiger partial charge is 0.465 e. The summed E-state index contributed by atoms with van der Waals surface area (Å²) in [6.07, 6.45) is 5.96. The van der Waals surface area contributed by atoms with E-state index < -0.39 is 11.6 Å². The molecule has 0 atom stereocenters. The Morgan fingerprint density at radius 3 is 2.38 bits per heavy atom. The van der Waals surface area contributed by atoms with Crippen molar-refractivity contribution in [2.24, 2.45) is 0 Å². The molecule has 0 spiro atoms. The number of ether oxygens (including phenoxy) is 1. The van der Waals surface area contributed by atoms with Gasteiger partial charge < -0.3 is 9.30 Å². The highest BCUT2D eigenvalue weighted by molar-refractivity contribution is 7.99. The second-order valence-corrected chi connectivity index (χ2v) is 11.0. The summed E-state index contributed by atoms with van der Waals surface area (Å²) in [6.45, 7) is 0. The minimum Gasteiger partial charge on any atom is -0.465 e. The maximum atomic E-state index is 14.5. The lowest BCUT2D eigenvalue weighted by Crippen LogP contribution is -2.37. The number of methoxy groups -OCH3 is 1.